The van der Waals surface area contributed by atoms with Gasteiger partial charge in [0, 0.05) is 24.2 Å². The fourth-order valence-electron chi connectivity index (χ4n) is 1.28. The van der Waals surface area contributed by atoms with Crippen LogP contribution in [-0.2, 0) is 0 Å². The number of amides is 1. The van der Waals surface area contributed by atoms with E-state index in [1.165, 1.54) is 18.6 Å². The molecule has 2 rings (SSSR count). The van der Waals surface area contributed by atoms with Crippen molar-refractivity contribution in [1.29, 1.82) is 5.26 Å². The Hall–Kier alpha value is -2.74. The van der Waals surface area contributed by atoms with Crippen molar-refractivity contribution < 1.29 is 4.79 Å². The Morgan fingerprint density at radius 1 is 1.24 bits per heavy atom. The molecule has 0 aliphatic rings. The summed E-state index contributed by atoms with van der Waals surface area (Å²) in [5.41, 5.74) is 0.796. The summed E-state index contributed by atoms with van der Waals surface area (Å²) in [4.78, 5) is 19.6. The maximum atomic E-state index is 11.8. The molecule has 0 spiro atoms. The minimum absolute atomic E-state index is 0.261. The van der Waals surface area contributed by atoms with E-state index in [1.54, 1.807) is 24.3 Å². The van der Waals surface area contributed by atoms with Gasteiger partial charge < -0.3 is 5.32 Å². The van der Waals surface area contributed by atoms with Crippen LogP contribution in [0.4, 0.5) is 5.82 Å². The topological polar surface area (TPSA) is 78.7 Å². The second kappa shape index (κ2) is 4.86. The van der Waals surface area contributed by atoms with Crippen molar-refractivity contribution in [1.82, 2.24) is 9.97 Å². The van der Waals surface area contributed by atoms with Gasteiger partial charge in [-0.1, -0.05) is 0 Å². The second-order valence-electron chi connectivity index (χ2n) is 3.20. The maximum absolute atomic E-state index is 11.8. The summed E-state index contributed by atoms with van der Waals surface area (Å²) in [5.74, 6) is -0.0561. The smallest absolute Gasteiger partial charge is 0.256 e. The van der Waals surface area contributed by atoms with Gasteiger partial charge in [-0.2, -0.15) is 5.26 Å². The number of aromatic nitrogens is 2. The van der Waals surface area contributed by atoms with Crippen LogP contribution in [0.5, 0.6) is 0 Å². The lowest BCUT2D eigenvalue weighted by Crippen LogP contribution is -2.13. The Morgan fingerprint density at radius 2 is 2.00 bits per heavy atom. The molecular weight excluding hydrogens is 216 g/mol. The molecule has 1 N–H and O–H groups in total. The summed E-state index contributed by atoms with van der Waals surface area (Å²) in [6.45, 7) is 0. The first-order valence-corrected chi connectivity index (χ1v) is 4.88. The molecule has 0 radical (unpaired) electrons. The molecular formula is C12H8N4O. The number of nitrogens with zero attached hydrogens (tertiary/aromatic N) is 3. The molecule has 2 heterocycles. The molecule has 2 aromatic rings. The summed E-state index contributed by atoms with van der Waals surface area (Å²) < 4.78 is 0. The molecule has 0 bridgehead atoms. The predicted octanol–water partition coefficient (Wildman–Crippen LogP) is 1.60. The first-order valence-electron chi connectivity index (χ1n) is 4.88. The summed E-state index contributed by atoms with van der Waals surface area (Å²) in [6, 6.07) is 8.37. The van der Waals surface area contributed by atoms with Crippen molar-refractivity contribution in [3.8, 4) is 6.07 Å². The average molecular weight is 224 g/mol. The van der Waals surface area contributed by atoms with Gasteiger partial charge in [-0.25, -0.2) is 4.98 Å². The lowest BCUT2D eigenvalue weighted by molar-refractivity contribution is 0.102. The molecule has 1 amide bonds. The van der Waals surface area contributed by atoms with Gasteiger partial charge in [0.1, 0.15) is 6.07 Å². The second-order valence-corrected chi connectivity index (χ2v) is 3.20. The molecule has 5 nitrogen and oxygen atoms in total. The first kappa shape index (κ1) is 10.8. The van der Waals surface area contributed by atoms with Crippen molar-refractivity contribution in [2.24, 2.45) is 0 Å². The molecule has 0 aromatic carbocycles. The number of pyridine rings is 2. The summed E-state index contributed by atoms with van der Waals surface area (Å²) in [7, 11) is 0. The molecule has 0 aliphatic carbocycles. The molecule has 17 heavy (non-hydrogen) atoms. The van der Waals surface area contributed by atoms with Crippen LogP contribution in [0.3, 0.4) is 0 Å². The normalized spacial score (nSPS) is 9.35. The van der Waals surface area contributed by atoms with Gasteiger partial charge in [-0.05, 0) is 24.3 Å². The van der Waals surface area contributed by atoms with Gasteiger partial charge in [-0.3, -0.25) is 9.78 Å². The predicted molar refractivity (Wildman–Crippen MR) is 61.1 cm³/mol. The number of anilines is 1. The van der Waals surface area contributed by atoms with Crippen molar-refractivity contribution in [2.45, 2.75) is 0 Å². The highest BCUT2D eigenvalue weighted by molar-refractivity contribution is 6.04. The van der Waals surface area contributed by atoms with Crippen molar-refractivity contribution in [3.05, 3.63) is 54.0 Å². The lowest BCUT2D eigenvalue weighted by Gasteiger charge is -2.04. The van der Waals surface area contributed by atoms with Gasteiger partial charge in [0.15, 0.2) is 5.82 Å². The van der Waals surface area contributed by atoms with E-state index in [9.17, 15) is 4.79 Å². The van der Waals surface area contributed by atoms with Gasteiger partial charge in [0.2, 0.25) is 0 Å². The van der Waals surface area contributed by atoms with Crippen LogP contribution in [0, 0.1) is 11.3 Å². The van der Waals surface area contributed by atoms with E-state index in [2.05, 4.69) is 15.3 Å². The standard InChI is InChI=1S/C12H8N4O/c13-8-10-2-1-5-15-11(10)16-12(17)9-3-6-14-7-4-9/h1-7H,(H,15,16,17). The van der Waals surface area contributed by atoms with Crippen molar-refractivity contribution >= 4 is 11.7 Å². The highest BCUT2D eigenvalue weighted by Crippen LogP contribution is 2.11. The molecule has 0 unspecified atom stereocenters. The number of carbonyl (C=O) groups excluding carboxylic acids is 1. The van der Waals surface area contributed by atoms with E-state index in [-0.39, 0.29) is 11.7 Å². The van der Waals surface area contributed by atoms with Gasteiger partial charge in [0.25, 0.3) is 5.91 Å². The maximum Gasteiger partial charge on any atom is 0.256 e. The minimum atomic E-state index is -0.317. The fraction of sp³-hybridized carbons (Fsp3) is 0. The van der Waals surface area contributed by atoms with Crippen molar-refractivity contribution in [2.75, 3.05) is 5.32 Å². The number of nitrogens with one attached hydrogen (secondary N) is 1. The molecule has 5 heteroatoms. The van der Waals surface area contributed by atoms with Crippen LogP contribution in [0.25, 0.3) is 0 Å². The Labute approximate surface area is 97.8 Å². The van der Waals surface area contributed by atoms with E-state index in [4.69, 9.17) is 5.26 Å². The zero-order chi connectivity index (χ0) is 12.1. The van der Waals surface area contributed by atoms with E-state index in [0.717, 1.165) is 0 Å². The van der Waals surface area contributed by atoms with E-state index in [1.807, 2.05) is 6.07 Å². The number of nitriles is 1. The van der Waals surface area contributed by atoms with Crippen LogP contribution in [-0.4, -0.2) is 15.9 Å². The van der Waals surface area contributed by atoms with Crippen LogP contribution >= 0.6 is 0 Å². The first-order chi connectivity index (χ1) is 8.31. The van der Waals surface area contributed by atoms with Crippen molar-refractivity contribution in [3.63, 3.8) is 0 Å². The van der Waals surface area contributed by atoms with Crippen LogP contribution in [0.2, 0.25) is 0 Å². The van der Waals surface area contributed by atoms with Gasteiger partial charge >= 0.3 is 0 Å². The third-order valence-electron chi connectivity index (χ3n) is 2.10. The highest BCUT2D eigenvalue weighted by atomic mass is 16.1. The lowest BCUT2D eigenvalue weighted by atomic mass is 10.2. The zero-order valence-electron chi connectivity index (χ0n) is 8.79. The quantitative estimate of drug-likeness (QED) is 0.840. The Morgan fingerprint density at radius 3 is 2.71 bits per heavy atom. The number of rotatable bonds is 2. The van der Waals surface area contributed by atoms with E-state index >= 15 is 0 Å². The summed E-state index contributed by atoms with van der Waals surface area (Å²) >= 11 is 0. The molecule has 0 saturated heterocycles. The van der Waals surface area contributed by atoms with Crippen LogP contribution in [0.1, 0.15) is 15.9 Å². The SMILES string of the molecule is N#Cc1cccnc1NC(=O)c1ccncc1. The van der Waals surface area contributed by atoms with E-state index in [0.29, 0.717) is 11.1 Å². The van der Waals surface area contributed by atoms with Gasteiger partial charge in [0.05, 0.1) is 5.56 Å². The summed E-state index contributed by atoms with van der Waals surface area (Å²) in [6.07, 6.45) is 4.57. The molecule has 0 atom stereocenters. The largest absolute Gasteiger partial charge is 0.305 e. The number of hydrogen-bond donors (Lipinski definition) is 1. The molecule has 0 fully saturated rings. The Kier molecular flexibility index (Phi) is 3.08. The third-order valence-corrected chi connectivity index (χ3v) is 2.10. The zero-order valence-corrected chi connectivity index (χ0v) is 8.79. The van der Waals surface area contributed by atoms with Crippen LogP contribution in [0.15, 0.2) is 42.9 Å². The van der Waals surface area contributed by atoms with E-state index < -0.39 is 0 Å². The number of hydrogen-bond acceptors (Lipinski definition) is 4. The molecule has 82 valence electrons. The Balaban J connectivity index is 2.23. The fourth-order valence-corrected chi connectivity index (χ4v) is 1.28. The summed E-state index contributed by atoms with van der Waals surface area (Å²) in [5, 5.41) is 11.4. The average Bonchev–Trinajstić information content (AvgIpc) is 2.40. The molecule has 0 aliphatic heterocycles. The number of carbonyl (C=O) groups is 1. The third kappa shape index (κ3) is 2.44. The van der Waals surface area contributed by atoms with Crippen LogP contribution < -0.4 is 5.32 Å². The highest BCUT2D eigenvalue weighted by Gasteiger charge is 2.09. The Bertz CT molecular complexity index is 575. The molecule has 2 aromatic heterocycles. The van der Waals surface area contributed by atoms with Gasteiger partial charge in [-0.15, -0.1) is 0 Å². The minimum Gasteiger partial charge on any atom is -0.305 e. The monoisotopic (exact) mass is 224 g/mol. The molecule has 0 saturated carbocycles.